The van der Waals surface area contributed by atoms with Crippen LogP contribution in [-0.2, 0) is 19.4 Å². The minimum Gasteiger partial charge on any atom is -0.270 e. The SMILES string of the molecule is CCc1cc(CC(CBr)c2cccc(F)c2)n(CC)n1. The third-order valence-corrected chi connectivity index (χ3v) is 4.32. The van der Waals surface area contributed by atoms with Gasteiger partial charge < -0.3 is 0 Å². The summed E-state index contributed by atoms with van der Waals surface area (Å²) in [6, 6.07) is 9.04. The molecule has 0 saturated heterocycles. The van der Waals surface area contributed by atoms with Gasteiger partial charge in [-0.2, -0.15) is 5.10 Å². The van der Waals surface area contributed by atoms with Gasteiger partial charge in [0.1, 0.15) is 5.82 Å². The number of rotatable bonds is 6. The molecule has 0 saturated carbocycles. The van der Waals surface area contributed by atoms with Crippen molar-refractivity contribution in [2.75, 3.05) is 5.33 Å². The first-order chi connectivity index (χ1) is 9.67. The van der Waals surface area contributed by atoms with Crippen LogP contribution in [-0.4, -0.2) is 15.1 Å². The van der Waals surface area contributed by atoms with Crippen LogP contribution in [0.25, 0.3) is 0 Å². The molecule has 20 heavy (non-hydrogen) atoms. The smallest absolute Gasteiger partial charge is 0.123 e. The van der Waals surface area contributed by atoms with E-state index in [0.717, 1.165) is 36.0 Å². The standard InChI is InChI=1S/C16H20BrFN2/c1-3-15-10-16(20(4-2)19-15)9-13(11-17)12-6-5-7-14(18)8-12/h5-8,10,13H,3-4,9,11H2,1-2H3. The van der Waals surface area contributed by atoms with E-state index < -0.39 is 0 Å². The van der Waals surface area contributed by atoms with Crippen molar-refractivity contribution in [3.63, 3.8) is 0 Å². The van der Waals surface area contributed by atoms with Crippen LogP contribution in [0, 0.1) is 5.82 Å². The fourth-order valence-corrected chi connectivity index (χ4v) is 3.00. The minimum atomic E-state index is -0.174. The molecule has 0 N–H and O–H groups in total. The summed E-state index contributed by atoms with van der Waals surface area (Å²) in [5.74, 6) is 0.0871. The molecule has 0 radical (unpaired) electrons. The minimum absolute atomic E-state index is 0.174. The molecule has 4 heteroatoms. The van der Waals surface area contributed by atoms with E-state index in [0.29, 0.717) is 0 Å². The number of hydrogen-bond acceptors (Lipinski definition) is 1. The largest absolute Gasteiger partial charge is 0.270 e. The van der Waals surface area contributed by atoms with Gasteiger partial charge in [-0.25, -0.2) is 4.39 Å². The second-order valence-corrected chi connectivity index (χ2v) is 5.55. The molecule has 0 bridgehead atoms. The second kappa shape index (κ2) is 7.02. The van der Waals surface area contributed by atoms with Gasteiger partial charge in [0, 0.05) is 17.6 Å². The lowest BCUT2D eigenvalue weighted by atomic mass is 9.96. The topological polar surface area (TPSA) is 17.8 Å². The summed E-state index contributed by atoms with van der Waals surface area (Å²) >= 11 is 3.55. The summed E-state index contributed by atoms with van der Waals surface area (Å²) in [6.45, 7) is 5.08. The van der Waals surface area contributed by atoms with Gasteiger partial charge in [-0.15, -0.1) is 0 Å². The number of nitrogens with zero attached hydrogens (tertiary/aromatic N) is 2. The van der Waals surface area contributed by atoms with E-state index in [9.17, 15) is 4.39 Å². The molecule has 1 heterocycles. The Morgan fingerprint density at radius 2 is 2.10 bits per heavy atom. The normalized spacial score (nSPS) is 12.6. The number of alkyl halides is 1. The molecule has 0 spiro atoms. The Balaban J connectivity index is 2.24. The number of aryl methyl sites for hydroxylation is 2. The summed E-state index contributed by atoms with van der Waals surface area (Å²) in [5, 5.41) is 5.39. The fraction of sp³-hybridized carbons (Fsp3) is 0.438. The summed E-state index contributed by atoms with van der Waals surface area (Å²) in [6.07, 6.45) is 1.81. The van der Waals surface area contributed by atoms with E-state index in [2.05, 4.69) is 40.9 Å². The van der Waals surface area contributed by atoms with Crippen molar-refractivity contribution >= 4 is 15.9 Å². The van der Waals surface area contributed by atoms with Crippen LogP contribution in [0.4, 0.5) is 4.39 Å². The zero-order valence-electron chi connectivity index (χ0n) is 11.9. The summed E-state index contributed by atoms with van der Waals surface area (Å²) in [7, 11) is 0. The third kappa shape index (κ3) is 3.48. The molecule has 1 atom stereocenters. The van der Waals surface area contributed by atoms with Crippen molar-refractivity contribution in [2.45, 2.75) is 39.2 Å². The molecule has 2 nitrogen and oxygen atoms in total. The lowest BCUT2D eigenvalue weighted by Crippen LogP contribution is -2.10. The highest BCUT2D eigenvalue weighted by Gasteiger charge is 2.15. The van der Waals surface area contributed by atoms with Crippen molar-refractivity contribution in [3.8, 4) is 0 Å². The molecule has 0 aliphatic heterocycles. The molecule has 0 aliphatic rings. The van der Waals surface area contributed by atoms with Crippen LogP contribution in [0.2, 0.25) is 0 Å². The van der Waals surface area contributed by atoms with Gasteiger partial charge in [0.25, 0.3) is 0 Å². The molecule has 2 rings (SSSR count). The molecule has 0 amide bonds. The average Bonchev–Trinajstić information content (AvgIpc) is 2.87. The van der Waals surface area contributed by atoms with Crippen LogP contribution < -0.4 is 0 Å². The quantitative estimate of drug-likeness (QED) is 0.717. The number of benzene rings is 1. The fourth-order valence-electron chi connectivity index (χ4n) is 2.40. The Labute approximate surface area is 128 Å². The third-order valence-electron chi connectivity index (χ3n) is 3.54. The summed E-state index contributed by atoms with van der Waals surface area (Å²) in [5.41, 5.74) is 3.37. The maximum absolute atomic E-state index is 13.4. The maximum Gasteiger partial charge on any atom is 0.123 e. The van der Waals surface area contributed by atoms with Crippen molar-refractivity contribution in [1.29, 1.82) is 0 Å². The Morgan fingerprint density at radius 3 is 2.70 bits per heavy atom. The first kappa shape index (κ1) is 15.2. The van der Waals surface area contributed by atoms with Crippen molar-refractivity contribution in [2.24, 2.45) is 0 Å². The average molecular weight is 339 g/mol. The molecule has 1 unspecified atom stereocenters. The van der Waals surface area contributed by atoms with Crippen LogP contribution in [0.3, 0.4) is 0 Å². The molecular weight excluding hydrogens is 319 g/mol. The first-order valence-electron chi connectivity index (χ1n) is 7.04. The predicted molar refractivity (Wildman–Crippen MR) is 83.9 cm³/mol. The van der Waals surface area contributed by atoms with Gasteiger partial charge in [0.2, 0.25) is 0 Å². The zero-order valence-corrected chi connectivity index (χ0v) is 13.5. The van der Waals surface area contributed by atoms with E-state index in [4.69, 9.17) is 0 Å². The molecule has 108 valence electrons. The van der Waals surface area contributed by atoms with Gasteiger partial charge in [-0.1, -0.05) is 35.0 Å². The van der Waals surface area contributed by atoms with Crippen LogP contribution >= 0.6 is 15.9 Å². The molecule has 2 aromatic rings. The highest BCUT2D eigenvalue weighted by Crippen LogP contribution is 2.24. The van der Waals surface area contributed by atoms with E-state index in [-0.39, 0.29) is 11.7 Å². The highest BCUT2D eigenvalue weighted by atomic mass is 79.9. The van der Waals surface area contributed by atoms with E-state index in [1.807, 2.05) is 10.7 Å². The lowest BCUT2D eigenvalue weighted by molar-refractivity contribution is 0.590. The van der Waals surface area contributed by atoms with Crippen LogP contribution in [0.15, 0.2) is 30.3 Å². The lowest BCUT2D eigenvalue weighted by Gasteiger charge is -2.15. The van der Waals surface area contributed by atoms with Gasteiger partial charge in [0.05, 0.1) is 5.69 Å². The zero-order chi connectivity index (χ0) is 14.5. The van der Waals surface area contributed by atoms with E-state index in [1.165, 1.54) is 11.8 Å². The first-order valence-corrected chi connectivity index (χ1v) is 8.17. The van der Waals surface area contributed by atoms with Gasteiger partial charge in [-0.3, -0.25) is 4.68 Å². The van der Waals surface area contributed by atoms with Crippen LogP contribution in [0.5, 0.6) is 0 Å². The van der Waals surface area contributed by atoms with Crippen molar-refractivity contribution in [1.82, 2.24) is 9.78 Å². The van der Waals surface area contributed by atoms with Gasteiger partial charge >= 0.3 is 0 Å². The predicted octanol–water partition coefficient (Wildman–Crippen LogP) is 4.33. The Hall–Kier alpha value is -1.16. The summed E-state index contributed by atoms with van der Waals surface area (Å²) < 4.78 is 15.4. The van der Waals surface area contributed by atoms with Gasteiger partial charge in [0.15, 0.2) is 0 Å². The highest BCUT2D eigenvalue weighted by molar-refractivity contribution is 9.09. The molecule has 1 aromatic carbocycles. The number of hydrogen-bond donors (Lipinski definition) is 0. The monoisotopic (exact) mass is 338 g/mol. The Morgan fingerprint density at radius 1 is 1.30 bits per heavy atom. The molecule has 0 aliphatic carbocycles. The maximum atomic E-state index is 13.4. The van der Waals surface area contributed by atoms with E-state index >= 15 is 0 Å². The van der Waals surface area contributed by atoms with Crippen molar-refractivity contribution < 1.29 is 4.39 Å². The molecule has 1 aromatic heterocycles. The molecular formula is C16H20BrFN2. The van der Waals surface area contributed by atoms with Crippen molar-refractivity contribution in [3.05, 3.63) is 53.1 Å². The van der Waals surface area contributed by atoms with E-state index in [1.54, 1.807) is 12.1 Å². The second-order valence-electron chi connectivity index (χ2n) is 4.91. The number of halogens is 2. The number of aromatic nitrogens is 2. The summed E-state index contributed by atoms with van der Waals surface area (Å²) in [4.78, 5) is 0. The molecule has 0 fully saturated rings. The Kier molecular flexibility index (Phi) is 5.35. The van der Waals surface area contributed by atoms with Gasteiger partial charge in [-0.05, 0) is 49.4 Å². The Bertz CT molecular complexity index is 565. The van der Waals surface area contributed by atoms with Crippen LogP contribution in [0.1, 0.15) is 36.7 Å².